The van der Waals surface area contributed by atoms with E-state index >= 15 is 0 Å². The first-order valence-corrected chi connectivity index (χ1v) is 12.3. The number of rotatable bonds is 9. The zero-order valence-corrected chi connectivity index (χ0v) is 21.8. The van der Waals surface area contributed by atoms with Crippen LogP contribution in [0.4, 0.5) is 0 Å². The molecule has 1 saturated heterocycles. The van der Waals surface area contributed by atoms with Crippen molar-refractivity contribution in [2.45, 2.75) is 11.8 Å². The molecule has 1 heterocycles. The fourth-order valence-electron chi connectivity index (χ4n) is 3.93. The summed E-state index contributed by atoms with van der Waals surface area (Å²) in [4.78, 5) is 26.9. The lowest BCUT2D eigenvalue weighted by Gasteiger charge is -2.24. The quantitative estimate of drug-likeness (QED) is 0.413. The number of thioether (sulfide) groups is 1. The molecule has 1 aliphatic rings. The summed E-state index contributed by atoms with van der Waals surface area (Å²) in [6.07, 6.45) is 1.90. The van der Waals surface area contributed by atoms with Crippen LogP contribution in [0.15, 0.2) is 71.6 Å². The molecule has 0 aromatic heterocycles. The van der Waals surface area contributed by atoms with E-state index in [0.29, 0.717) is 33.5 Å². The Hall–Kier alpha value is -4.11. The average molecular weight is 521 g/mol. The van der Waals surface area contributed by atoms with E-state index in [0.717, 1.165) is 11.1 Å². The van der Waals surface area contributed by atoms with Gasteiger partial charge in [-0.3, -0.25) is 15.0 Å². The highest BCUT2D eigenvalue weighted by atomic mass is 32.2. The largest absolute Gasteiger partial charge is 0.497 e. The van der Waals surface area contributed by atoms with Crippen molar-refractivity contribution in [3.63, 3.8) is 0 Å². The maximum absolute atomic E-state index is 13.5. The van der Waals surface area contributed by atoms with E-state index in [-0.39, 0.29) is 18.2 Å². The summed E-state index contributed by atoms with van der Waals surface area (Å²) < 4.78 is 21.6. The number of ether oxygens (including phenoxy) is 4. The maximum atomic E-state index is 13.5. The summed E-state index contributed by atoms with van der Waals surface area (Å²) in [5.41, 5.74) is 5.20. The Morgan fingerprint density at radius 1 is 0.919 bits per heavy atom. The monoisotopic (exact) mass is 520 g/mol. The number of benzene rings is 3. The Kier molecular flexibility index (Phi) is 8.25. The van der Waals surface area contributed by atoms with Crippen LogP contribution in [0.2, 0.25) is 0 Å². The van der Waals surface area contributed by atoms with Gasteiger partial charge in [0.1, 0.15) is 11.1 Å². The van der Waals surface area contributed by atoms with Crippen molar-refractivity contribution < 1.29 is 28.5 Å². The number of hydrogen-bond acceptors (Lipinski definition) is 7. The van der Waals surface area contributed by atoms with Gasteiger partial charge in [-0.05, 0) is 47.0 Å². The van der Waals surface area contributed by atoms with Gasteiger partial charge in [-0.2, -0.15) is 0 Å². The minimum atomic E-state index is -0.466. The molecule has 0 saturated carbocycles. The molecule has 0 aliphatic carbocycles. The van der Waals surface area contributed by atoms with E-state index in [1.54, 1.807) is 25.3 Å². The van der Waals surface area contributed by atoms with Crippen molar-refractivity contribution in [2.24, 2.45) is 0 Å². The summed E-state index contributed by atoms with van der Waals surface area (Å²) in [5.74, 6) is 1.51. The summed E-state index contributed by atoms with van der Waals surface area (Å²) in [6, 6.07) is 20.3. The molecule has 1 fully saturated rings. The van der Waals surface area contributed by atoms with Crippen LogP contribution in [0.3, 0.4) is 0 Å². The molecule has 8 nitrogen and oxygen atoms in total. The fourth-order valence-corrected chi connectivity index (χ4v) is 5.12. The molecule has 3 aromatic rings. The van der Waals surface area contributed by atoms with Crippen molar-refractivity contribution in [2.75, 3.05) is 28.4 Å². The predicted molar refractivity (Wildman–Crippen MR) is 143 cm³/mol. The Morgan fingerprint density at radius 3 is 2.14 bits per heavy atom. The number of hydrogen-bond donors (Lipinski definition) is 1. The molecule has 1 atom stereocenters. The van der Waals surface area contributed by atoms with E-state index in [4.69, 9.17) is 18.9 Å². The van der Waals surface area contributed by atoms with E-state index in [9.17, 15) is 9.59 Å². The molecular formula is C28H28N2O6S. The molecule has 0 spiro atoms. The Morgan fingerprint density at radius 2 is 1.57 bits per heavy atom. The molecule has 9 heteroatoms. The van der Waals surface area contributed by atoms with E-state index in [1.807, 2.05) is 54.6 Å². The number of hydrazine groups is 1. The lowest BCUT2D eigenvalue weighted by atomic mass is 10.1. The first-order chi connectivity index (χ1) is 18.0. The van der Waals surface area contributed by atoms with Crippen molar-refractivity contribution in [3.05, 3.63) is 88.3 Å². The SMILES string of the molecule is COc1ccc(C2S/C(=C\c3cc(OC)c(OC)c(OC)c3)C(=O)N2NC(=O)Cc2ccccc2)cc1. The molecule has 37 heavy (non-hydrogen) atoms. The normalized spacial score (nSPS) is 16.0. The van der Waals surface area contributed by atoms with Crippen molar-refractivity contribution >= 4 is 29.7 Å². The van der Waals surface area contributed by atoms with E-state index < -0.39 is 5.37 Å². The second-order valence-electron chi connectivity index (χ2n) is 8.08. The van der Waals surface area contributed by atoms with Crippen LogP contribution in [0.1, 0.15) is 22.1 Å². The summed E-state index contributed by atoms with van der Waals surface area (Å²) in [5, 5.41) is 0.910. The molecule has 192 valence electrons. The van der Waals surface area contributed by atoms with Gasteiger partial charge in [0.05, 0.1) is 39.8 Å². The number of amides is 2. The second-order valence-corrected chi connectivity index (χ2v) is 9.21. The number of nitrogens with zero attached hydrogens (tertiary/aromatic N) is 1. The van der Waals surface area contributed by atoms with Gasteiger partial charge in [0.2, 0.25) is 11.7 Å². The van der Waals surface area contributed by atoms with Gasteiger partial charge in [-0.15, -0.1) is 0 Å². The van der Waals surface area contributed by atoms with Crippen LogP contribution < -0.4 is 24.4 Å². The number of nitrogens with one attached hydrogen (secondary N) is 1. The van der Waals surface area contributed by atoms with Crippen molar-refractivity contribution in [1.29, 1.82) is 0 Å². The molecule has 1 N–H and O–H groups in total. The molecule has 0 radical (unpaired) electrons. The Labute approximate surface area is 220 Å². The van der Waals surface area contributed by atoms with Gasteiger partial charge >= 0.3 is 0 Å². The third kappa shape index (κ3) is 5.83. The minimum absolute atomic E-state index is 0.149. The van der Waals surface area contributed by atoms with Crippen LogP contribution >= 0.6 is 11.8 Å². The molecule has 0 bridgehead atoms. The van der Waals surface area contributed by atoms with Gasteiger partial charge in [0, 0.05) is 0 Å². The smallest absolute Gasteiger partial charge is 0.280 e. The fraction of sp³-hybridized carbons (Fsp3) is 0.214. The predicted octanol–water partition coefficient (Wildman–Crippen LogP) is 4.61. The van der Waals surface area contributed by atoms with Crippen LogP contribution in [0.5, 0.6) is 23.0 Å². The highest BCUT2D eigenvalue weighted by molar-refractivity contribution is 8.04. The third-order valence-electron chi connectivity index (χ3n) is 5.74. The topological polar surface area (TPSA) is 86.3 Å². The highest BCUT2D eigenvalue weighted by Gasteiger charge is 2.38. The standard InChI is InChI=1S/C28H28N2O6S/c1-33-21-12-10-20(11-13-21)28-30(29-25(31)17-18-8-6-5-7-9-18)27(32)24(37-28)16-19-14-22(34-2)26(36-4)23(15-19)35-3/h5-16,28H,17H2,1-4H3,(H,29,31)/b24-16-. The molecule has 1 aliphatic heterocycles. The van der Waals surface area contributed by atoms with Crippen LogP contribution in [0.25, 0.3) is 6.08 Å². The van der Waals surface area contributed by atoms with Gasteiger partial charge in [-0.1, -0.05) is 54.2 Å². The third-order valence-corrected chi connectivity index (χ3v) is 6.99. The van der Waals surface area contributed by atoms with Crippen molar-refractivity contribution in [3.8, 4) is 23.0 Å². The zero-order valence-electron chi connectivity index (χ0n) is 21.0. The summed E-state index contributed by atoms with van der Waals surface area (Å²) >= 11 is 1.34. The number of carbonyl (C=O) groups excluding carboxylic acids is 2. The maximum Gasteiger partial charge on any atom is 0.280 e. The lowest BCUT2D eigenvalue weighted by molar-refractivity contribution is -0.137. The number of methoxy groups -OCH3 is 4. The van der Waals surface area contributed by atoms with Gasteiger partial charge in [-0.25, -0.2) is 5.01 Å². The van der Waals surface area contributed by atoms with Gasteiger partial charge in [0.15, 0.2) is 11.5 Å². The highest BCUT2D eigenvalue weighted by Crippen LogP contribution is 2.46. The van der Waals surface area contributed by atoms with Crippen LogP contribution in [0, 0.1) is 0 Å². The lowest BCUT2D eigenvalue weighted by Crippen LogP contribution is -2.44. The first kappa shape index (κ1) is 26.0. The summed E-state index contributed by atoms with van der Waals surface area (Å²) in [6.45, 7) is 0. The molecule has 1 unspecified atom stereocenters. The zero-order chi connectivity index (χ0) is 26.4. The average Bonchev–Trinajstić information content (AvgIpc) is 3.22. The molecule has 2 amide bonds. The number of carbonyl (C=O) groups is 2. The van der Waals surface area contributed by atoms with E-state index in [1.165, 1.54) is 38.1 Å². The Bertz CT molecular complexity index is 1270. The van der Waals surface area contributed by atoms with Crippen molar-refractivity contribution in [1.82, 2.24) is 10.4 Å². The first-order valence-electron chi connectivity index (χ1n) is 11.5. The van der Waals surface area contributed by atoms with E-state index in [2.05, 4.69) is 5.43 Å². The van der Waals surface area contributed by atoms with Crippen LogP contribution in [-0.2, 0) is 16.0 Å². The molecular weight excluding hydrogens is 492 g/mol. The molecule has 4 rings (SSSR count). The Balaban J connectivity index is 1.67. The minimum Gasteiger partial charge on any atom is -0.497 e. The second kappa shape index (κ2) is 11.7. The van der Waals surface area contributed by atoms with Crippen LogP contribution in [-0.4, -0.2) is 45.3 Å². The van der Waals surface area contributed by atoms with Gasteiger partial charge in [0.25, 0.3) is 5.91 Å². The molecule has 3 aromatic carbocycles. The summed E-state index contributed by atoms with van der Waals surface area (Å²) in [7, 11) is 6.20. The van der Waals surface area contributed by atoms with Gasteiger partial charge < -0.3 is 18.9 Å².